The molecule has 2 aromatic carbocycles. The summed E-state index contributed by atoms with van der Waals surface area (Å²) in [5, 5.41) is 0. The van der Waals surface area contributed by atoms with Gasteiger partial charge in [0.2, 0.25) is 0 Å². The highest BCUT2D eigenvalue weighted by Gasteiger charge is 2.44. The van der Waals surface area contributed by atoms with E-state index in [0.717, 1.165) is 0 Å². The smallest absolute Gasteiger partial charge is 0.0452 e. The molecule has 0 unspecified atom stereocenters. The molecule has 0 radical (unpaired) electrons. The van der Waals surface area contributed by atoms with Crippen LogP contribution in [0, 0.1) is 0 Å². The third-order valence-electron chi connectivity index (χ3n) is 5.80. The summed E-state index contributed by atoms with van der Waals surface area (Å²) < 4.78 is 0. The van der Waals surface area contributed by atoms with Crippen LogP contribution < -0.4 is 4.90 Å². The first-order valence-electron chi connectivity index (χ1n) is 8.61. The van der Waals surface area contributed by atoms with Crippen LogP contribution in [-0.4, -0.2) is 7.05 Å². The van der Waals surface area contributed by atoms with Crippen molar-refractivity contribution in [2.24, 2.45) is 0 Å². The van der Waals surface area contributed by atoms with Gasteiger partial charge in [-0.3, -0.25) is 0 Å². The molecule has 0 aromatic heterocycles. The van der Waals surface area contributed by atoms with Crippen molar-refractivity contribution in [3.63, 3.8) is 0 Å². The molecule has 22 heavy (non-hydrogen) atoms. The van der Waals surface area contributed by atoms with Gasteiger partial charge in [0.05, 0.1) is 0 Å². The summed E-state index contributed by atoms with van der Waals surface area (Å²) in [6, 6.07) is 16.2. The first-order chi connectivity index (χ1) is 10.6. The van der Waals surface area contributed by atoms with Crippen molar-refractivity contribution in [1.82, 2.24) is 0 Å². The average Bonchev–Trinajstić information content (AvgIpc) is 3.03. The van der Waals surface area contributed by atoms with Crippen LogP contribution in [-0.2, 0) is 5.41 Å². The number of hydrogen-bond acceptors (Lipinski definition) is 1. The van der Waals surface area contributed by atoms with E-state index in [2.05, 4.69) is 68.3 Å². The number of para-hydroxylation sites is 1. The Bertz CT molecular complexity index is 708. The van der Waals surface area contributed by atoms with E-state index in [0.29, 0.717) is 5.92 Å². The van der Waals surface area contributed by atoms with E-state index in [1.54, 1.807) is 11.1 Å². The van der Waals surface area contributed by atoms with Gasteiger partial charge in [0.25, 0.3) is 0 Å². The number of rotatable bonds is 1. The molecule has 2 aliphatic rings. The quantitative estimate of drug-likeness (QED) is 0.646. The first kappa shape index (κ1) is 13.9. The Labute approximate surface area is 134 Å². The normalized spacial score (nSPS) is 18.6. The van der Waals surface area contributed by atoms with Crippen LogP contribution in [0.2, 0.25) is 0 Å². The summed E-state index contributed by atoms with van der Waals surface area (Å²) in [7, 11) is 2.23. The van der Waals surface area contributed by atoms with Crippen LogP contribution in [0.5, 0.6) is 0 Å². The van der Waals surface area contributed by atoms with Gasteiger partial charge in [0, 0.05) is 23.8 Å². The van der Waals surface area contributed by atoms with Gasteiger partial charge < -0.3 is 4.90 Å². The maximum Gasteiger partial charge on any atom is 0.0452 e. The maximum absolute atomic E-state index is 2.43. The second-order valence-corrected chi connectivity index (χ2v) is 7.30. The first-order valence-corrected chi connectivity index (χ1v) is 8.61. The van der Waals surface area contributed by atoms with Crippen LogP contribution in [0.4, 0.5) is 11.4 Å². The molecule has 1 saturated carbocycles. The molecule has 1 aliphatic heterocycles. The number of fused-ring (bicyclic) bond motifs is 4. The molecule has 0 N–H and O–H groups in total. The largest absolute Gasteiger partial charge is 0.344 e. The Balaban J connectivity index is 1.98. The number of benzene rings is 2. The molecular weight excluding hydrogens is 266 g/mol. The van der Waals surface area contributed by atoms with Crippen molar-refractivity contribution in [2.45, 2.75) is 50.9 Å². The summed E-state index contributed by atoms with van der Waals surface area (Å²) in [5.74, 6) is 0.579. The van der Waals surface area contributed by atoms with Gasteiger partial charge in [-0.05, 0) is 47.6 Å². The van der Waals surface area contributed by atoms with Gasteiger partial charge in [0.1, 0.15) is 0 Å². The summed E-state index contributed by atoms with van der Waals surface area (Å²) in [6.07, 6.45) is 5.30. The van der Waals surface area contributed by atoms with Gasteiger partial charge in [-0.15, -0.1) is 0 Å². The monoisotopic (exact) mass is 291 g/mol. The van der Waals surface area contributed by atoms with Gasteiger partial charge in [-0.2, -0.15) is 0 Å². The van der Waals surface area contributed by atoms with E-state index < -0.39 is 0 Å². The van der Waals surface area contributed by atoms with Crippen molar-refractivity contribution in [3.8, 4) is 0 Å². The van der Waals surface area contributed by atoms with Gasteiger partial charge >= 0.3 is 0 Å². The lowest BCUT2D eigenvalue weighted by molar-refractivity contribution is 0.528. The zero-order valence-corrected chi connectivity index (χ0v) is 13.9. The second-order valence-electron chi connectivity index (χ2n) is 7.30. The minimum Gasteiger partial charge on any atom is -0.344 e. The van der Waals surface area contributed by atoms with E-state index in [9.17, 15) is 0 Å². The van der Waals surface area contributed by atoms with Crippen molar-refractivity contribution >= 4 is 11.4 Å². The molecule has 1 spiro atoms. The maximum atomic E-state index is 2.43. The molecule has 1 aliphatic carbocycles. The Morgan fingerprint density at radius 1 is 0.909 bits per heavy atom. The summed E-state index contributed by atoms with van der Waals surface area (Å²) in [4.78, 5) is 2.40. The zero-order chi connectivity index (χ0) is 15.3. The SMILES string of the molecule is CC(C)c1ccc2c(c1)N(C)c1ccccc1C21CCCC1. The number of hydrogen-bond donors (Lipinski definition) is 0. The molecule has 0 atom stereocenters. The standard InChI is InChI=1S/C21H25N/c1-15(2)16-10-11-18-20(14-16)22(3)19-9-5-4-8-17(19)21(18)12-6-7-13-21/h4-5,8-11,14-15H,6-7,12-13H2,1-3H3. The Kier molecular flexibility index (Phi) is 3.07. The van der Waals surface area contributed by atoms with E-state index in [1.807, 2.05) is 0 Å². The molecule has 1 fully saturated rings. The van der Waals surface area contributed by atoms with Crippen LogP contribution in [0.25, 0.3) is 0 Å². The molecule has 114 valence electrons. The van der Waals surface area contributed by atoms with Crippen molar-refractivity contribution < 1.29 is 0 Å². The highest BCUT2D eigenvalue weighted by Crippen LogP contribution is 2.56. The van der Waals surface area contributed by atoms with Crippen LogP contribution >= 0.6 is 0 Å². The lowest BCUT2D eigenvalue weighted by Gasteiger charge is -2.43. The number of nitrogens with zero attached hydrogens (tertiary/aromatic N) is 1. The third-order valence-corrected chi connectivity index (χ3v) is 5.80. The third kappa shape index (κ3) is 1.78. The molecule has 1 heterocycles. The highest BCUT2D eigenvalue weighted by molar-refractivity contribution is 5.78. The zero-order valence-electron chi connectivity index (χ0n) is 13.9. The summed E-state index contributed by atoms with van der Waals surface area (Å²) in [6.45, 7) is 4.56. The molecule has 0 bridgehead atoms. The van der Waals surface area contributed by atoms with Crippen LogP contribution in [0.3, 0.4) is 0 Å². The van der Waals surface area contributed by atoms with Gasteiger partial charge in [-0.1, -0.05) is 57.0 Å². The summed E-state index contributed by atoms with van der Waals surface area (Å²) >= 11 is 0. The molecule has 1 nitrogen and oxygen atoms in total. The van der Waals surface area contributed by atoms with Gasteiger partial charge in [-0.25, -0.2) is 0 Å². The average molecular weight is 291 g/mol. The van der Waals surface area contributed by atoms with Crippen LogP contribution in [0.1, 0.15) is 62.1 Å². The van der Waals surface area contributed by atoms with Crippen molar-refractivity contribution in [1.29, 1.82) is 0 Å². The van der Waals surface area contributed by atoms with Crippen molar-refractivity contribution in [3.05, 3.63) is 59.2 Å². The van der Waals surface area contributed by atoms with Crippen molar-refractivity contribution in [2.75, 3.05) is 11.9 Å². The fraction of sp³-hybridized carbons (Fsp3) is 0.429. The summed E-state index contributed by atoms with van der Waals surface area (Å²) in [5.41, 5.74) is 7.62. The van der Waals surface area contributed by atoms with E-state index in [1.165, 1.54) is 42.6 Å². The molecule has 0 amide bonds. The second kappa shape index (κ2) is 4.87. The lowest BCUT2D eigenvalue weighted by atomic mass is 9.69. The predicted octanol–water partition coefficient (Wildman–Crippen LogP) is 5.75. The van der Waals surface area contributed by atoms with E-state index in [-0.39, 0.29) is 5.41 Å². The van der Waals surface area contributed by atoms with Gasteiger partial charge in [0.15, 0.2) is 0 Å². The Morgan fingerprint density at radius 2 is 1.59 bits per heavy atom. The molecular formula is C21H25N. The predicted molar refractivity (Wildman–Crippen MR) is 94.3 cm³/mol. The highest BCUT2D eigenvalue weighted by atomic mass is 15.1. The topological polar surface area (TPSA) is 3.24 Å². The Morgan fingerprint density at radius 3 is 2.32 bits per heavy atom. The van der Waals surface area contributed by atoms with E-state index in [4.69, 9.17) is 0 Å². The molecule has 2 aromatic rings. The molecule has 4 rings (SSSR count). The van der Waals surface area contributed by atoms with Crippen LogP contribution in [0.15, 0.2) is 42.5 Å². The molecule has 0 saturated heterocycles. The fourth-order valence-electron chi connectivity index (χ4n) is 4.55. The molecule has 1 heteroatoms. The minimum absolute atomic E-state index is 0.258. The van der Waals surface area contributed by atoms with E-state index >= 15 is 0 Å². The minimum atomic E-state index is 0.258. The number of anilines is 2. The fourth-order valence-corrected chi connectivity index (χ4v) is 4.55. The lowest BCUT2D eigenvalue weighted by Crippen LogP contribution is -2.33. The Hall–Kier alpha value is -1.76.